The van der Waals surface area contributed by atoms with Gasteiger partial charge in [0.25, 0.3) is 0 Å². The molecule has 0 spiro atoms. The number of benzene rings is 1. The Bertz CT molecular complexity index is 369. The number of halogens is 2. The predicted octanol–water partition coefficient (Wildman–Crippen LogP) is 5.20. The average Bonchev–Trinajstić information content (AvgIpc) is 2.26. The third kappa shape index (κ3) is 4.63. The molecule has 0 aliphatic rings. The molecule has 0 radical (unpaired) electrons. The molecule has 1 aromatic rings. The highest BCUT2D eigenvalue weighted by atomic mass is 79.9. The molecule has 0 N–H and O–H groups in total. The molecular weight excluding hydrogens is 344 g/mol. The molecule has 1 nitrogen and oxygen atoms in total. The summed E-state index contributed by atoms with van der Waals surface area (Å²) in [6.07, 6.45) is 2.17. The van der Waals surface area contributed by atoms with Crippen molar-refractivity contribution < 1.29 is 4.74 Å². The maximum Gasteiger partial charge on any atom is 0.119 e. The Balaban J connectivity index is 2.69. The Labute approximate surface area is 121 Å². The summed E-state index contributed by atoms with van der Waals surface area (Å²) in [5.41, 5.74) is 1.60. The first kappa shape index (κ1) is 15.0. The highest BCUT2D eigenvalue weighted by molar-refractivity contribution is 9.10. The van der Waals surface area contributed by atoms with E-state index in [4.69, 9.17) is 4.74 Å². The molecule has 0 saturated heterocycles. The Morgan fingerprint density at radius 2 is 1.94 bits per heavy atom. The predicted molar refractivity (Wildman–Crippen MR) is 81.2 cm³/mol. The van der Waals surface area contributed by atoms with E-state index in [1.165, 1.54) is 5.56 Å². The van der Waals surface area contributed by atoms with Crippen molar-refractivity contribution in [3.05, 3.63) is 28.2 Å². The van der Waals surface area contributed by atoms with Gasteiger partial charge in [0, 0.05) is 9.30 Å². The van der Waals surface area contributed by atoms with Crippen molar-refractivity contribution in [3.8, 4) is 5.75 Å². The molecule has 0 saturated carbocycles. The van der Waals surface area contributed by atoms with Crippen molar-refractivity contribution in [1.29, 1.82) is 0 Å². The molecule has 96 valence electrons. The quantitative estimate of drug-likeness (QED) is 0.668. The molecule has 1 rings (SSSR count). The number of hydrogen-bond donors (Lipinski definition) is 0. The summed E-state index contributed by atoms with van der Waals surface area (Å²) < 4.78 is 6.41. The van der Waals surface area contributed by atoms with Gasteiger partial charge in [-0.15, -0.1) is 0 Å². The third-order valence-electron chi connectivity index (χ3n) is 2.86. The molecule has 17 heavy (non-hydrogen) atoms. The van der Waals surface area contributed by atoms with Gasteiger partial charge in [0.1, 0.15) is 5.75 Å². The topological polar surface area (TPSA) is 9.23 Å². The number of aryl methyl sites for hydroxylation is 1. The molecule has 0 aromatic heterocycles. The zero-order valence-electron chi connectivity index (χ0n) is 10.9. The van der Waals surface area contributed by atoms with Crippen LogP contribution in [0.25, 0.3) is 0 Å². The first-order valence-corrected chi connectivity index (χ1v) is 7.52. The van der Waals surface area contributed by atoms with Crippen LogP contribution in [-0.2, 0) is 6.42 Å². The molecule has 3 heteroatoms. The lowest BCUT2D eigenvalue weighted by atomic mass is 9.89. The smallest absolute Gasteiger partial charge is 0.119 e. The van der Waals surface area contributed by atoms with Gasteiger partial charge in [0.2, 0.25) is 0 Å². The van der Waals surface area contributed by atoms with Gasteiger partial charge in [0.15, 0.2) is 0 Å². The maximum absolute atomic E-state index is 5.25. The van der Waals surface area contributed by atoms with Crippen LogP contribution in [0.5, 0.6) is 5.75 Å². The standard InChI is InChI=1S/C14H20Br2O/c1-14(2,3)13(16)8-5-10-9-11(17-4)6-7-12(10)15/h6-7,9,13H,5,8H2,1-4H3. The molecule has 0 amide bonds. The lowest BCUT2D eigenvalue weighted by Crippen LogP contribution is -2.20. The monoisotopic (exact) mass is 362 g/mol. The first-order valence-electron chi connectivity index (χ1n) is 5.81. The zero-order chi connectivity index (χ0) is 13.1. The summed E-state index contributed by atoms with van der Waals surface area (Å²) in [5.74, 6) is 0.921. The molecule has 1 atom stereocenters. The normalized spacial score (nSPS) is 13.5. The summed E-state index contributed by atoms with van der Waals surface area (Å²) in [5, 5.41) is 0. The van der Waals surface area contributed by atoms with Crippen LogP contribution >= 0.6 is 31.9 Å². The number of ether oxygens (including phenoxy) is 1. The van der Waals surface area contributed by atoms with Crippen LogP contribution in [0.15, 0.2) is 22.7 Å². The van der Waals surface area contributed by atoms with Crippen molar-refractivity contribution >= 4 is 31.9 Å². The van der Waals surface area contributed by atoms with E-state index in [0.717, 1.165) is 23.1 Å². The molecule has 1 unspecified atom stereocenters. The van der Waals surface area contributed by atoms with Crippen LogP contribution in [0.2, 0.25) is 0 Å². The Hall–Kier alpha value is -0.0200. The SMILES string of the molecule is COc1ccc(Br)c(CCC(Br)C(C)(C)C)c1. The Morgan fingerprint density at radius 3 is 2.47 bits per heavy atom. The lowest BCUT2D eigenvalue weighted by Gasteiger charge is -2.25. The van der Waals surface area contributed by atoms with Gasteiger partial charge in [0.05, 0.1) is 7.11 Å². The average molecular weight is 364 g/mol. The van der Waals surface area contributed by atoms with Gasteiger partial charge in [-0.25, -0.2) is 0 Å². The molecule has 0 aliphatic carbocycles. The maximum atomic E-state index is 5.25. The molecule has 0 fully saturated rings. The van der Waals surface area contributed by atoms with E-state index in [1.54, 1.807) is 7.11 Å². The van der Waals surface area contributed by atoms with E-state index in [-0.39, 0.29) is 0 Å². The van der Waals surface area contributed by atoms with Crippen LogP contribution in [0.1, 0.15) is 32.8 Å². The third-order valence-corrected chi connectivity index (χ3v) is 5.46. The van der Waals surface area contributed by atoms with E-state index in [1.807, 2.05) is 6.07 Å². The first-order chi connectivity index (χ1) is 7.84. The van der Waals surface area contributed by atoms with Gasteiger partial charge in [-0.1, -0.05) is 52.6 Å². The summed E-state index contributed by atoms with van der Waals surface area (Å²) >= 11 is 7.36. The highest BCUT2D eigenvalue weighted by Crippen LogP contribution is 2.31. The van der Waals surface area contributed by atoms with Crippen molar-refractivity contribution in [1.82, 2.24) is 0 Å². The fourth-order valence-electron chi connectivity index (χ4n) is 1.58. The second-order valence-electron chi connectivity index (χ2n) is 5.33. The second-order valence-corrected chi connectivity index (χ2v) is 7.29. The molecule has 0 heterocycles. The minimum absolute atomic E-state index is 0.297. The Kier molecular flexibility index (Phi) is 5.52. The minimum atomic E-state index is 0.297. The number of alkyl halides is 1. The van der Waals surface area contributed by atoms with Crippen LogP contribution in [0.3, 0.4) is 0 Å². The van der Waals surface area contributed by atoms with E-state index in [0.29, 0.717) is 10.2 Å². The fraction of sp³-hybridized carbons (Fsp3) is 0.571. The summed E-state index contributed by atoms with van der Waals surface area (Å²) in [7, 11) is 1.70. The van der Waals surface area contributed by atoms with Crippen LogP contribution in [0, 0.1) is 5.41 Å². The minimum Gasteiger partial charge on any atom is -0.497 e. The summed E-state index contributed by atoms with van der Waals surface area (Å²) in [4.78, 5) is 0.521. The molecule has 0 bridgehead atoms. The van der Waals surface area contributed by atoms with Gasteiger partial charge in [-0.2, -0.15) is 0 Å². The van der Waals surface area contributed by atoms with Crippen LogP contribution in [0.4, 0.5) is 0 Å². The van der Waals surface area contributed by atoms with E-state index in [9.17, 15) is 0 Å². The van der Waals surface area contributed by atoms with Gasteiger partial charge in [-0.05, 0) is 42.0 Å². The zero-order valence-corrected chi connectivity index (χ0v) is 14.1. The lowest BCUT2D eigenvalue weighted by molar-refractivity contribution is 0.385. The van der Waals surface area contributed by atoms with Crippen LogP contribution < -0.4 is 4.74 Å². The van der Waals surface area contributed by atoms with Crippen molar-refractivity contribution in [2.75, 3.05) is 7.11 Å². The van der Waals surface area contributed by atoms with Crippen LogP contribution in [-0.4, -0.2) is 11.9 Å². The van der Waals surface area contributed by atoms with E-state index in [2.05, 4.69) is 64.8 Å². The van der Waals surface area contributed by atoms with Gasteiger partial charge in [-0.3, -0.25) is 0 Å². The van der Waals surface area contributed by atoms with Gasteiger partial charge >= 0.3 is 0 Å². The van der Waals surface area contributed by atoms with Gasteiger partial charge < -0.3 is 4.74 Å². The molecule has 0 aliphatic heterocycles. The fourth-order valence-corrected chi connectivity index (χ4v) is 2.26. The van der Waals surface area contributed by atoms with Crippen molar-refractivity contribution in [3.63, 3.8) is 0 Å². The summed E-state index contributed by atoms with van der Waals surface area (Å²) in [6.45, 7) is 6.77. The number of rotatable bonds is 4. The second kappa shape index (κ2) is 6.24. The van der Waals surface area contributed by atoms with E-state index >= 15 is 0 Å². The molecular formula is C14H20Br2O. The Morgan fingerprint density at radius 1 is 1.29 bits per heavy atom. The number of methoxy groups -OCH3 is 1. The summed E-state index contributed by atoms with van der Waals surface area (Å²) in [6, 6.07) is 6.13. The van der Waals surface area contributed by atoms with E-state index < -0.39 is 0 Å². The largest absolute Gasteiger partial charge is 0.497 e. The molecule has 1 aromatic carbocycles. The van der Waals surface area contributed by atoms with Crippen molar-refractivity contribution in [2.45, 2.75) is 38.4 Å². The highest BCUT2D eigenvalue weighted by Gasteiger charge is 2.21. The number of hydrogen-bond acceptors (Lipinski definition) is 1. The van der Waals surface area contributed by atoms with Crippen molar-refractivity contribution in [2.24, 2.45) is 5.41 Å².